The Kier molecular flexibility index (Phi) is 5.16. The van der Waals surface area contributed by atoms with Crippen LogP contribution in [0.25, 0.3) is 0 Å². The molecule has 0 saturated carbocycles. The molecule has 1 aromatic heterocycles. The normalized spacial score (nSPS) is 10.1. The first-order valence-electron chi connectivity index (χ1n) is 5.61. The molecule has 2 amide bonds. The van der Waals surface area contributed by atoms with Gasteiger partial charge >= 0.3 is 12.0 Å². The van der Waals surface area contributed by atoms with E-state index >= 15 is 0 Å². The highest BCUT2D eigenvalue weighted by Gasteiger charge is 2.10. The van der Waals surface area contributed by atoms with Crippen LogP contribution in [0.1, 0.15) is 24.5 Å². The molecule has 7 nitrogen and oxygen atoms in total. The van der Waals surface area contributed by atoms with E-state index in [-0.39, 0.29) is 19.0 Å². The van der Waals surface area contributed by atoms with Gasteiger partial charge in [-0.2, -0.15) is 0 Å². The maximum Gasteiger partial charge on any atom is 0.317 e. The number of rotatable bonds is 6. The van der Waals surface area contributed by atoms with Crippen LogP contribution in [0.15, 0.2) is 10.6 Å². The summed E-state index contributed by atoms with van der Waals surface area (Å²) in [5.74, 6) is 0.271. The van der Waals surface area contributed by atoms with Crippen LogP contribution < -0.4 is 5.32 Å². The zero-order valence-corrected chi connectivity index (χ0v) is 10.5. The van der Waals surface area contributed by atoms with Crippen molar-refractivity contribution in [1.82, 2.24) is 15.2 Å². The zero-order chi connectivity index (χ0) is 13.5. The predicted octanol–water partition coefficient (Wildman–Crippen LogP) is 0.989. The van der Waals surface area contributed by atoms with Crippen molar-refractivity contribution < 1.29 is 19.1 Å². The molecule has 1 heterocycles. The van der Waals surface area contributed by atoms with E-state index in [1.54, 1.807) is 20.2 Å². The Bertz CT molecular complexity index is 416. The summed E-state index contributed by atoms with van der Waals surface area (Å²) in [6, 6.07) is -0.281. The average molecular weight is 255 g/mol. The Labute approximate surface area is 105 Å². The van der Waals surface area contributed by atoms with Gasteiger partial charge in [0.05, 0.1) is 12.7 Å². The van der Waals surface area contributed by atoms with Crippen molar-refractivity contribution >= 4 is 12.0 Å². The van der Waals surface area contributed by atoms with Gasteiger partial charge in [0.25, 0.3) is 0 Å². The highest BCUT2D eigenvalue weighted by atomic mass is 16.4. The summed E-state index contributed by atoms with van der Waals surface area (Å²) in [4.78, 5) is 27.3. The van der Waals surface area contributed by atoms with E-state index in [0.29, 0.717) is 24.6 Å². The Morgan fingerprint density at radius 3 is 2.83 bits per heavy atom. The van der Waals surface area contributed by atoms with Crippen LogP contribution >= 0.6 is 0 Å². The minimum absolute atomic E-state index is 0.0521. The van der Waals surface area contributed by atoms with E-state index < -0.39 is 5.97 Å². The molecule has 0 aliphatic rings. The van der Waals surface area contributed by atoms with Gasteiger partial charge in [-0.1, -0.05) is 0 Å². The van der Waals surface area contributed by atoms with Gasteiger partial charge in [0.2, 0.25) is 5.89 Å². The Morgan fingerprint density at radius 1 is 1.56 bits per heavy atom. The number of aliphatic carboxylic acids is 1. The van der Waals surface area contributed by atoms with E-state index in [1.807, 2.05) is 0 Å². The molecule has 2 N–H and O–H groups in total. The molecule has 0 spiro atoms. The Morgan fingerprint density at radius 2 is 2.28 bits per heavy atom. The van der Waals surface area contributed by atoms with Gasteiger partial charge in [-0.15, -0.1) is 0 Å². The molecule has 1 rings (SSSR count). The van der Waals surface area contributed by atoms with E-state index in [9.17, 15) is 9.59 Å². The Balaban J connectivity index is 2.25. The molecule has 0 bridgehead atoms. The fourth-order valence-electron chi connectivity index (χ4n) is 1.34. The van der Waals surface area contributed by atoms with E-state index in [4.69, 9.17) is 9.52 Å². The maximum atomic E-state index is 11.6. The van der Waals surface area contributed by atoms with Crippen molar-refractivity contribution in [2.75, 3.05) is 13.6 Å². The number of hydrogen-bond donors (Lipinski definition) is 2. The number of carbonyl (C=O) groups excluding carboxylic acids is 1. The number of nitrogens with zero attached hydrogens (tertiary/aromatic N) is 2. The van der Waals surface area contributed by atoms with E-state index in [0.717, 1.165) is 0 Å². The standard InChI is InChI=1S/C11H17N3O4/c1-8-6-12-9(18-8)7-13-11(17)14(2)5-3-4-10(15)16/h6H,3-5,7H2,1-2H3,(H,13,17)(H,15,16). The van der Waals surface area contributed by atoms with Crippen LogP contribution in [0, 0.1) is 6.92 Å². The van der Waals surface area contributed by atoms with Gasteiger partial charge in [-0.25, -0.2) is 9.78 Å². The van der Waals surface area contributed by atoms with Crippen LogP contribution in [0.2, 0.25) is 0 Å². The first-order valence-corrected chi connectivity index (χ1v) is 5.61. The zero-order valence-electron chi connectivity index (χ0n) is 10.5. The van der Waals surface area contributed by atoms with Gasteiger partial charge in [0, 0.05) is 20.0 Å². The third kappa shape index (κ3) is 4.86. The third-order valence-electron chi connectivity index (χ3n) is 2.29. The number of aromatic nitrogens is 1. The summed E-state index contributed by atoms with van der Waals surface area (Å²) in [7, 11) is 1.61. The highest BCUT2D eigenvalue weighted by molar-refractivity contribution is 5.73. The summed E-state index contributed by atoms with van der Waals surface area (Å²) in [5.41, 5.74) is 0. The predicted molar refractivity (Wildman–Crippen MR) is 63.0 cm³/mol. The number of urea groups is 1. The van der Waals surface area contributed by atoms with Crippen LogP contribution in [0.4, 0.5) is 4.79 Å². The van der Waals surface area contributed by atoms with E-state index in [2.05, 4.69) is 10.3 Å². The van der Waals surface area contributed by atoms with Crippen molar-refractivity contribution in [1.29, 1.82) is 0 Å². The van der Waals surface area contributed by atoms with Crippen LogP contribution in [0.5, 0.6) is 0 Å². The maximum absolute atomic E-state index is 11.6. The average Bonchev–Trinajstić information content (AvgIpc) is 2.71. The number of carbonyl (C=O) groups is 2. The van der Waals surface area contributed by atoms with Crippen LogP contribution in [0.3, 0.4) is 0 Å². The van der Waals surface area contributed by atoms with Crippen molar-refractivity contribution in [3.05, 3.63) is 17.8 Å². The number of hydrogen-bond acceptors (Lipinski definition) is 4. The minimum Gasteiger partial charge on any atom is -0.481 e. The minimum atomic E-state index is -0.862. The SMILES string of the molecule is Cc1cnc(CNC(=O)N(C)CCCC(=O)O)o1. The third-order valence-corrected chi connectivity index (χ3v) is 2.29. The lowest BCUT2D eigenvalue weighted by molar-refractivity contribution is -0.137. The molecule has 100 valence electrons. The number of carboxylic acids is 1. The van der Waals surface area contributed by atoms with Crippen LogP contribution in [-0.4, -0.2) is 40.6 Å². The number of aryl methyl sites for hydroxylation is 1. The monoisotopic (exact) mass is 255 g/mol. The second-order valence-corrected chi connectivity index (χ2v) is 3.94. The molecular formula is C11H17N3O4. The lowest BCUT2D eigenvalue weighted by Crippen LogP contribution is -2.37. The van der Waals surface area contributed by atoms with Crippen molar-refractivity contribution in [2.24, 2.45) is 0 Å². The summed E-state index contributed by atoms with van der Waals surface area (Å²) in [6.07, 6.45) is 2.06. The molecular weight excluding hydrogens is 238 g/mol. The van der Waals surface area contributed by atoms with Gasteiger partial charge in [-0.3, -0.25) is 4.79 Å². The first-order chi connectivity index (χ1) is 8.49. The molecule has 0 atom stereocenters. The molecule has 18 heavy (non-hydrogen) atoms. The fraction of sp³-hybridized carbons (Fsp3) is 0.545. The molecule has 0 radical (unpaired) electrons. The van der Waals surface area contributed by atoms with Crippen molar-refractivity contribution in [3.63, 3.8) is 0 Å². The molecule has 0 aliphatic carbocycles. The molecule has 0 saturated heterocycles. The lowest BCUT2D eigenvalue weighted by Gasteiger charge is -2.16. The van der Waals surface area contributed by atoms with Gasteiger partial charge in [-0.05, 0) is 13.3 Å². The largest absolute Gasteiger partial charge is 0.481 e. The van der Waals surface area contributed by atoms with Crippen molar-refractivity contribution in [3.8, 4) is 0 Å². The highest BCUT2D eigenvalue weighted by Crippen LogP contribution is 2.01. The first kappa shape index (κ1) is 14.0. The second kappa shape index (κ2) is 6.63. The number of carboxylic acid groups (broad SMARTS) is 1. The molecule has 0 unspecified atom stereocenters. The molecule has 0 aliphatic heterocycles. The van der Waals surface area contributed by atoms with Gasteiger partial charge in [0.1, 0.15) is 5.76 Å². The summed E-state index contributed by atoms with van der Waals surface area (Å²) in [6.45, 7) is 2.38. The summed E-state index contributed by atoms with van der Waals surface area (Å²) in [5, 5.41) is 11.1. The van der Waals surface area contributed by atoms with Gasteiger partial charge < -0.3 is 19.7 Å². The van der Waals surface area contributed by atoms with Gasteiger partial charge in [0.15, 0.2) is 0 Å². The number of oxazole rings is 1. The lowest BCUT2D eigenvalue weighted by atomic mass is 10.3. The van der Waals surface area contributed by atoms with Crippen molar-refractivity contribution in [2.45, 2.75) is 26.3 Å². The quantitative estimate of drug-likeness (QED) is 0.790. The summed E-state index contributed by atoms with van der Waals surface area (Å²) >= 11 is 0. The molecule has 0 fully saturated rings. The summed E-state index contributed by atoms with van der Waals surface area (Å²) < 4.78 is 5.20. The van der Waals surface area contributed by atoms with E-state index in [1.165, 1.54) is 4.90 Å². The molecule has 1 aromatic rings. The number of nitrogens with one attached hydrogen (secondary N) is 1. The number of amides is 2. The Hall–Kier alpha value is -2.05. The van der Waals surface area contributed by atoms with Crippen LogP contribution in [-0.2, 0) is 11.3 Å². The molecule has 7 heteroatoms. The molecule has 0 aromatic carbocycles. The fourth-order valence-corrected chi connectivity index (χ4v) is 1.34. The second-order valence-electron chi connectivity index (χ2n) is 3.94. The topological polar surface area (TPSA) is 95.7 Å². The smallest absolute Gasteiger partial charge is 0.317 e.